The molecule has 98 valence electrons. The number of thioether (sulfide) groups is 1. The molecule has 0 saturated heterocycles. The number of aromatic nitrogens is 1. The van der Waals surface area contributed by atoms with E-state index in [2.05, 4.69) is 34.3 Å². The van der Waals surface area contributed by atoms with Gasteiger partial charge >= 0.3 is 0 Å². The molecule has 1 heterocycles. The van der Waals surface area contributed by atoms with Gasteiger partial charge in [-0.1, -0.05) is 39.0 Å². The fourth-order valence-corrected chi connectivity index (χ4v) is 2.59. The van der Waals surface area contributed by atoms with Crippen LogP contribution in [0.25, 0.3) is 0 Å². The standard InChI is InChI=1S/C14H20N2S2/c1-2-3-4-5-6-7-10-18-14-9-8-13(11-15-14)16-12-17/h8-9,11H,2-7,10H2,1H3. The molecule has 0 aromatic carbocycles. The number of hydrogen-bond acceptors (Lipinski definition) is 4. The van der Waals surface area contributed by atoms with Crippen molar-refractivity contribution >= 4 is 34.8 Å². The van der Waals surface area contributed by atoms with Gasteiger partial charge in [0.05, 0.1) is 22.1 Å². The first-order chi connectivity index (χ1) is 8.86. The van der Waals surface area contributed by atoms with Gasteiger partial charge < -0.3 is 0 Å². The molecular formula is C14H20N2S2. The summed E-state index contributed by atoms with van der Waals surface area (Å²) in [5, 5.41) is 3.40. The molecule has 1 aromatic rings. The van der Waals surface area contributed by atoms with Gasteiger partial charge in [-0.15, -0.1) is 11.8 Å². The van der Waals surface area contributed by atoms with Crippen LogP contribution >= 0.6 is 24.0 Å². The van der Waals surface area contributed by atoms with E-state index in [9.17, 15) is 0 Å². The number of pyridine rings is 1. The number of thiocarbonyl (C=S) groups is 1. The molecule has 0 N–H and O–H groups in total. The average molecular weight is 280 g/mol. The highest BCUT2D eigenvalue weighted by molar-refractivity contribution is 7.99. The molecule has 0 aliphatic heterocycles. The summed E-state index contributed by atoms with van der Waals surface area (Å²) in [5.41, 5.74) is 0.772. The molecule has 18 heavy (non-hydrogen) atoms. The first-order valence-corrected chi connectivity index (χ1v) is 7.93. The molecule has 0 atom stereocenters. The molecule has 0 unspecified atom stereocenters. The third kappa shape index (κ3) is 6.90. The zero-order valence-corrected chi connectivity index (χ0v) is 12.5. The van der Waals surface area contributed by atoms with Gasteiger partial charge in [-0.2, -0.15) is 4.99 Å². The Morgan fingerprint density at radius 3 is 2.67 bits per heavy atom. The molecule has 1 rings (SSSR count). The Balaban J connectivity index is 2.13. The van der Waals surface area contributed by atoms with Crippen LogP contribution in [0, 0.1) is 0 Å². The number of unbranched alkanes of at least 4 members (excludes halogenated alkanes) is 5. The lowest BCUT2D eigenvalue weighted by Gasteiger charge is -2.01. The van der Waals surface area contributed by atoms with E-state index in [0.29, 0.717) is 0 Å². The third-order valence-electron chi connectivity index (χ3n) is 2.64. The lowest BCUT2D eigenvalue weighted by atomic mass is 10.1. The molecule has 0 spiro atoms. The van der Waals surface area contributed by atoms with Crippen molar-refractivity contribution in [3.8, 4) is 0 Å². The minimum absolute atomic E-state index is 0.772. The predicted octanol–water partition coefficient (Wildman–Crippen LogP) is 5.27. The summed E-state index contributed by atoms with van der Waals surface area (Å²) < 4.78 is 0. The second kappa shape index (κ2) is 10.2. The van der Waals surface area contributed by atoms with Gasteiger partial charge in [-0.05, 0) is 36.5 Å². The molecule has 0 bridgehead atoms. The Morgan fingerprint density at radius 1 is 1.22 bits per heavy atom. The minimum Gasteiger partial charge on any atom is -0.248 e. The van der Waals surface area contributed by atoms with Crippen LogP contribution in [0.4, 0.5) is 5.69 Å². The fraction of sp³-hybridized carbons (Fsp3) is 0.571. The minimum atomic E-state index is 0.772. The van der Waals surface area contributed by atoms with E-state index >= 15 is 0 Å². The average Bonchev–Trinajstić information content (AvgIpc) is 2.40. The number of nitrogens with zero attached hydrogens (tertiary/aromatic N) is 2. The van der Waals surface area contributed by atoms with Crippen molar-refractivity contribution in [1.29, 1.82) is 0 Å². The quantitative estimate of drug-likeness (QED) is 0.267. The van der Waals surface area contributed by atoms with E-state index in [0.717, 1.165) is 16.5 Å². The van der Waals surface area contributed by atoms with E-state index in [1.165, 1.54) is 38.5 Å². The molecule has 0 fully saturated rings. The SMILES string of the molecule is CCCCCCCCSc1ccc(N=C=S)cn1. The lowest BCUT2D eigenvalue weighted by Crippen LogP contribution is -1.84. The van der Waals surface area contributed by atoms with Crippen LogP contribution in [-0.2, 0) is 0 Å². The van der Waals surface area contributed by atoms with Crippen LogP contribution < -0.4 is 0 Å². The Labute approximate surface area is 119 Å². The molecule has 0 radical (unpaired) electrons. The van der Waals surface area contributed by atoms with Gasteiger partial charge in [0.25, 0.3) is 0 Å². The largest absolute Gasteiger partial charge is 0.248 e. The number of hydrogen-bond donors (Lipinski definition) is 0. The van der Waals surface area contributed by atoms with Gasteiger partial charge in [0.1, 0.15) is 0 Å². The maximum Gasteiger partial charge on any atom is 0.0961 e. The second-order valence-electron chi connectivity index (χ2n) is 4.17. The second-order valence-corrected chi connectivity index (χ2v) is 5.47. The number of rotatable bonds is 9. The van der Waals surface area contributed by atoms with Crippen molar-refractivity contribution in [3.63, 3.8) is 0 Å². The topological polar surface area (TPSA) is 25.2 Å². The maximum absolute atomic E-state index is 4.55. The van der Waals surface area contributed by atoms with Crippen LogP contribution in [0.2, 0.25) is 0 Å². The monoisotopic (exact) mass is 280 g/mol. The predicted molar refractivity (Wildman–Crippen MR) is 83.0 cm³/mol. The molecule has 0 aliphatic carbocycles. The normalized spacial score (nSPS) is 10.1. The molecule has 4 heteroatoms. The van der Waals surface area contributed by atoms with Crippen LogP contribution in [0.1, 0.15) is 45.4 Å². The molecule has 2 nitrogen and oxygen atoms in total. The van der Waals surface area contributed by atoms with Crippen molar-refractivity contribution in [3.05, 3.63) is 18.3 Å². The highest BCUT2D eigenvalue weighted by atomic mass is 32.2. The van der Waals surface area contributed by atoms with Crippen molar-refractivity contribution in [2.24, 2.45) is 4.99 Å². The van der Waals surface area contributed by atoms with Crippen molar-refractivity contribution < 1.29 is 0 Å². The van der Waals surface area contributed by atoms with Crippen molar-refractivity contribution in [1.82, 2.24) is 4.98 Å². The summed E-state index contributed by atoms with van der Waals surface area (Å²) >= 11 is 6.36. The van der Waals surface area contributed by atoms with Crippen LogP contribution in [-0.4, -0.2) is 15.9 Å². The number of isothiocyanates is 1. The van der Waals surface area contributed by atoms with E-state index in [1.54, 1.807) is 6.20 Å². The Kier molecular flexibility index (Phi) is 8.74. The smallest absolute Gasteiger partial charge is 0.0961 e. The summed E-state index contributed by atoms with van der Waals surface area (Å²) in [5.74, 6) is 1.15. The lowest BCUT2D eigenvalue weighted by molar-refractivity contribution is 0.627. The summed E-state index contributed by atoms with van der Waals surface area (Å²) in [6, 6.07) is 3.92. The summed E-state index contributed by atoms with van der Waals surface area (Å²) in [6.07, 6.45) is 9.78. The van der Waals surface area contributed by atoms with Gasteiger partial charge in [0.15, 0.2) is 0 Å². The first kappa shape index (κ1) is 15.4. The van der Waals surface area contributed by atoms with Crippen LogP contribution in [0.3, 0.4) is 0 Å². The van der Waals surface area contributed by atoms with Crippen LogP contribution in [0.15, 0.2) is 28.3 Å². The molecule has 0 amide bonds. The Bertz CT molecular complexity index is 370. The molecule has 1 aromatic heterocycles. The highest BCUT2D eigenvalue weighted by Crippen LogP contribution is 2.20. The summed E-state index contributed by atoms with van der Waals surface area (Å²) in [4.78, 5) is 8.21. The third-order valence-corrected chi connectivity index (χ3v) is 3.76. The van der Waals surface area contributed by atoms with E-state index in [-0.39, 0.29) is 0 Å². The Hall–Kier alpha value is -0.700. The van der Waals surface area contributed by atoms with Gasteiger partial charge in [-0.25, -0.2) is 4.98 Å². The van der Waals surface area contributed by atoms with Crippen molar-refractivity contribution in [2.75, 3.05) is 5.75 Å². The fourth-order valence-electron chi connectivity index (χ4n) is 1.64. The Morgan fingerprint density at radius 2 is 2.00 bits per heavy atom. The molecular weight excluding hydrogens is 260 g/mol. The summed E-state index contributed by atoms with van der Waals surface area (Å²) in [7, 11) is 0. The van der Waals surface area contributed by atoms with Gasteiger partial charge in [-0.3, -0.25) is 0 Å². The number of aliphatic imine (C=N–C) groups is 1. The summed E-state index contributed by atoms with van der Waals surface area (Å²) in [6.45, 7) is 2.25. The van der Waals surface area contributed by atoms with E-state index in [4.69, 9.17) is 0 Å². The zero-order chi connectivity index (χ0) is 13.1. The zero-order valence-electron chi connectivity index (χ0n) is 10.9. The molecule has 0 aliphatic rings. The maximum atomic E-state index is 4.55. The van der Waals surface area contributed by atoms with E-state index in [1.807, 2.05) is 23.9 Å². The van der Waals surface area contributed by atoms with Crippen LogP contribution in [0.5, 0.6) is 0 Å². The molecule has 0 saturated carbocycles. The van der Waals surface area contributed by atoms with Crippen molar-refractivity contribution in [2.45, 2.75) is 50.5 Å². The highest BCUT2D eigenvalue weighted by Gasteiger charge is 1.96. The van der Waals surface area contributed by atoms with E-state index < -0.39 is 0 Å². The van der Waals surface area contributed by atoms with Gasteiger partial charge in [0, 0.05) is 0 Å². The first-order valence-electron chi connectivity index (χ1n) is 6.53. The van der Waals surface area contributed by atoms with Gasteiger partial charge in [0.2, 0.25) is 0 Å².